The SMILES string of the molecule is COc1ccc(C(=O)O)c(OCc2ccc(F)cc2Cl)c1. The predicted octanol–water partition coefficient (Wildman–Crippen LogP) is 3.76. The Morgan fingerprint density at radius 2 is 2.05 bits per heavy atom. The van der Waals surface area contributed by atoms with Crippen LogP contribution in [0.2, 0.25) is 5.02 Å². The molecule has 2 aromatic rings. The van der Waals surface area contributed by atoms with Crippen LogP contribution in [0.3, 0.4) is 0 Å². The molecule has 0 atom stereocenters. The van der Waals surface area contributed by atoms with Crippen molar-refractivity contribution >= 4 is 17.6 Å². The monoisotopic (exact) mass is 310 g/mol. The highest BCUT2D eigenvalue weighted by atomic mass is 35.5. The highest BCUT2D eigenvalue weighted by molar-refractivity contribution is 6.31. The van der Waals surface area contributed by atoms with Gasteiger partial charge in [0, 0.05) is 11.6 Å². The molecule has 1 N–H and O–H groups in total. The maximum atomic E-state index is 13.0. The molecular weight excluding hydrogens is 299 g/mol. The summed E-state index contributed by atoms with van der Waals surface area (Å²) in [5, 5.41) is 9.34. The fourth-order valence-corrected chi connectivity index (χ4v) is 1.94. The maximum Gasteiger partial charge on any atom is 0.339 e. The number of carbonyl (C=O) groups is 1. The fourth-order valence-electron chi connectivity index (χ4n) is 1.72. The van der Waals surface area contributed by atoms with Crippen LogP contribution in [-0.2, 0) is 6.61 Å². The number of halogens is 2. The quantitative estimate of drug-likeness (QED) is 0.913. The second kappa shape index (κ2) is 6.45. The number of benzene rings is 2. The second-order valence-corrected chi connectivity index (χ2v) is 4.60. The van der Waals surface area contributed by atoms with E-state index in [4.69, 9.17) is 26.2 Å². The summed E-state index contributed by atoms with van der Waals surface area (Å²) in [6.07, 6.45) is 0. The third-order valence-electron chi connectivity index (χ3n) is 2.82. The molecule has 0 unspecified atom stereocenters. The zero-order valence-electron chi connectivity index (χ0n) is 11.1. The molecule has 0 spiro atoms. The summed E-state index contributed by atoms with van der Waals surface area (Å²) in [4.78, 5) is 11.1. The van der Waals surface area contributed by atoms with Crippen LogP contribution in [0.4, 0.5) is 4.39 Å². The van der Waals surface area contributed by atoms with Gasteiger partial charge in [0.15, 0.2) is 0 Å². The van der Waals surface area contributed by atoms with Crippen molar-refractivity contribution in [1.29, 1.82) is 0 Å². The molecule has 21 heavy (non-hydrogen) atoms. The Labute approximate surface area is 125 Å². The Bertz CT molecular complexity index is 673. The molecular formula is C15H12ClFO4. The average molecular weight is 311 g/mol. The number of carboxylic acids is 1. The lowest BCUT2D eigenvalue weighted by atomic mass is 10.2. The molecule has 0 aliphatic heterocycles. The minimum Gasteiger partial charge on any atom is -0.497 e. The smallest absolute Gasteiger partial charge is 0.339 e. The van der Waals surface area contributed by atoms with Crippen molar-refractivity contribution in [2.24, 2.45) is 0 Å². The summed E-state index contributed by atoms with van der Waals surface area (Å²) >= 11 is 5.90. The normalized spacial score (nSPS) is 10.2. The molecule has 0 heterocycles. The third kappa shape index (κ3) is 3.64. The van der Waals surface area contributed by atoms with Gasteiger partial charge in [-0.2, -0.15) is 0 Å². The maximum absolute atomic E-state index is 13.0. The molecule has 6 heteroatoms. The number of hydrogen-bond acceptors (Lipinski definition) is 3. The first-order valence-electron chi connectivity index (χ1n) is 5.99. The third-order valence-corrected chi connectivity index (χ3v) is 3.17. The summed E-state index contributed by atoms with van der Waals surface area (Å²) in [5.41, 5.74) is 0.561. The number of methoxy groups -OCH3 is 1. The van der Waals surface area contributed by atoms with Gasteiger partial charge in [-0.05, 0) is 24.3 Å². The van der Waals surface area contributed by atoms with E-state index in [9.17, 15) is 9.18 Å². The molecule has 0 radical (unpaired) electrons. The van der Waals surface area contributed by atoms with Gasteiger partial charge in [-0.1, -0.05) is 17.7 Å². The van der Waals surface area contributed by atoms with Crippen molar-refractivity contribution in [3.05, 3.63) is 58.4 Å². The number of rotatable bonds is 5. The Morgan fingerprint density at radius 1 is 1.29 bits per heavy atom. The van der Waals surface area contributed by atoms with Gasteiger partial charge in [0.2, 0.25) is 0 Å². The van der Waals surface area contributed by atoms with E-state index in [2.05, 4.69) is 0 Å². The van der Waals surface area contributed by atoms with Crippen LogP contribution in [0, 0.1) is 5.82 Å². The summed E-state index contributed by atoms with van der Waals surface area (Å²) in [6, 6.07) is 8.31. The van der Waals surface area contributed by atoms with Gasteiger partial charge in [0.05, 0.1) is 12.1 Å². The van der Waals surface area contributed by atoms with Gasteiger partial charge in [0.1, 0.15) is 29.5 Å². The van der Waals surface area contributed by atoms with Crippen molar-refractivity contribution < 1.29 is 23.8 Å². The topological polar surface area (TPSA) is 55.8 Å². The van der Waals surface area contributed by atoms with Crippen LogP contribution in [0.25, 0.3) is 0 Å². The van der Waals surface area contributed by atoms with Crippen molar-refractivity contribution in [3.63, 3.8) is 0 Å². The molecule has 110 valence electrons. The van der Waals surface area contributed by atoms with Crippen molar-refractivity contribution in [2.75, 3.05) is 7.11 Å². The van der Waals surface area contributed by atoms with Crippen LogP contribution in [0.5, 0.6) is 11.5 Å². The molecule has 2 rings (SSSR count). The lowest BCUT2D eigenvalue weighted by Crippen LogP contribution is -2.04. The first-order chi connectivity index (χ1) is 10.0. The first-order valence-corrected chi connectivity index (χ1v) is 6.37. The Hall–Kier alpha value is -2.27. The predicted molar refractivity (Wildman–Crippen MR) is 75.7 cm³/mol. The minimum atomic E-state index is -1.11. The number of ether oxygens (including phenoxy) is 2. The number of aromatic carboxylic acids is 1. The zero-order valence-corrected chi connectivity index (χ0v) is 11.9. The van der Waals surface area contributed by atoms with E-state index in [1.807, 2.05) is 0 Å². The zero-order chi connectivity index (χ0) is 15.4. The van der Waals surface area contributed by atoms with Crippen LogP contribution in [0.1, 0.15) is 15.9 Å². The van der Waals surface area contributed by atoms with Crippen molar-refractivity contribution in [1.82, 2.24) is 0 Å². The summed E-state index contributed by atoms with van der Waals surface area (Å²) < 4.78 is 23.5. The van der Waals surface area contributed by atoms with Gasteiger partial charge >= 0.3 is 5.97 Å². The molecule has 0 saturated carbocycles. The lowest BCUT2D eigenvalue weighted by molar-refractivity contribution is 0.0691. The number of carboxylic acid groups (broad SMARTS) is 1. The first kappa shape index (κ1) is 15.1. The molecule has 0 amide bonds. The van der Waals surface area contributed by atoms with E-state index >= 15 is 0 Å². The van der Waals surface area contributed by atoms with Gasteiger partial charge < -0.3 is 14.6 Å². The van der Waals surface area contributed by atoms with Crippen LogP contribution >= 0.6 is 11.6 Å². The highest BCUT2D eigenvalue weighted by Gasteiger charge is 2.13. The molecule has 0 fully saturated rings. The summed E-state index contributed by atoms with van der Waals surface area (Å²) in [6.45, 7) is 0.0204. The Kier molecular flexibility index (Phi) is 4.65. The van der Waals surface area contributed by atoms with E-state index in [0.717, 1.165) is 0 Å². The Balaban J connectivity index is 2.24. The van der Waals surface area contributed by atoms with E-state index in [1.54, 1.807) is 0 Å². The molecule has 0 aliphatic carbocycles. The van der Waals surface area contributed by atoms with Gasteiger partial charge in [0.25, 0.3) is 0 Å². The van der Waals surface area contributed by atoms with Crippen LogP contribution in [0.15, 0.2) is 36.4 Å². The van der Waals surface area contributed by atoms with Crippen molar-refractivity contribution in [3.8, 4) is 11.5 Å². The molecule has 0 bridgehead atoms. The van der Waals surface area contributed by atoms with E-state index in [0.29, 0.717) is 11.3 Å². The van der Waals surface area contributed by atoms with Gasteiger partial charge in [-0.25, -0.2) is 9.18 Å². The molecule has 2 aromatic carbocycles. The van der Waals surface area contributed by atoms with E-state index < -0.39 is 11.8 Å². The second-order valence-electron chi connectivity index (χ2n) is 4.19. The molecule has 0 saturated heterocycles. The summed E-state index contributed by atoms with van der Waals surface area (Å²) in [7, 11) is 1.47. The van der Waals surface area contributed by atoms with Crippen LogP contribution < -0.4 is 9.47 Å². The summed E-state index contributed by atoms with van der Waals surface area (Å²) in [5.74, 6) is -0.934. The minimum absolute atomic E-state index is 0.00836. The molecule has 0 aliphatic rings. The number of hydrogen-bond donors (Lipinski definition) is 1. The van der Waals surface area contributed by atoms with Crippen molar-refractivity contribution in [2.45, 2.75) is 6.61 Å². The highest BCUT2D eigenvalue weighted by Crippen LogP contribution is 2.27. The average Bonchev–Trinajstić information content (AvgIpc) is 2.45. The molecule has 0 aromatic heterocycles. The van der Waals surface area contributed by atoms with E-state index in [1.165, 1.54) is 43.5 Å². The van der Waals surface area contributed by atoms with Gasteiger partial charge in [-0.15, -0.1) is 0 Å². The van der Waals surface area contributed by atoms with Crippen LogP contribution in [-0.4, -0.2) is 18.2 Å². The molecule has 4 nitrogen and oxygen atoms in total. The largest absolute Gasteiger partial charge is 0.497 e. The van der Waals surface area contributed by atoms with Gasteiger partial charge in [-0.3, -0.25) is 0 Å². The Morgan fingerprint density at radius 3 is 2.67 bits per heavy atom. The van der Waals surface area contributed by atoms with E-state index in [-0.39, 0.29) is 22.9 Å². The fraction of sp³-hybridized carbons (Fsp3) is 0.133. The standard InChI is InChI=1S/C15H12ClFO4/c1-20-11-4-5-12(15(18)19)14(7-11)21-8-9-2-3-10(17)6-13(9)16/h2-7H,8H2,1H3,(H,18,19). The lowest BCUT2D eigenvalue weighted by Gasteiger charge is -2.11.